The summed E-state index contributed by atoms with van der Waals surface area (Å²) in [4.78, 5) is 40.7. The number of carbonyl (C=O) groups is 2. The van der Waals surface area contributed by atoms with Gasteiger partial charge in [0.2, 0.25) is 5.96 Å². The second-order valence-electron chi connectivity index (χ2n) is 8.86. The van der Waals surface area contributed by atoms with Gasteiger partial charge in [-0.25, -0.2) is 14.4 Å². The van der Waals surface area contributed by atoms with Crippen LogP contribution in [0.1, 0.15) is 42.3 Å². The molecule has 9 nitrogen and oxygen atoms in total. The monoisotopic (exact) mass is 513 g/mol. The number of amides is 1. The highest BCUT2D eigenvalue weighted by atomic mass is 35.5. The maximum atomic E-state index is 12.6. The molecule has 0 spiro atoms. The Labute approximate surface area is 213 Å². The molecule has 10 heteroatoms. The zero-order chi connectivity index (χ0) is 26.3. The number of benzene rings is 2. The van der Waals surface area contributed by atoms with Crippen LogP contribution in [0.5, 0.6) is 5.75 Å². The zero-order valence-electron chi connectivity index (χ0n) is 20.5. The van der Waals surface area contributed by atoms with Crippen LogP contribution in [0.2, 0.25) is 0 Å². The number of hydrogen-bond acceptors (Lipinski definition) is 7. The average molecular weight is 514 g/mol. The fourth-order valence-electron chi connectivity index (χ4n) is 3.19. The SMILES string of the molecule is CN=C(NCCc1ccc(OC(=O)c2cc3cc(CCl)ccc3oc2=O)cc1)NC(=O)OC(C)(C)C. The van der Waals surface area contributed by atoms with Crippen molar-refractivity contribution in [3.8, 4) is 5.75 Å². The van der Waals surface area contributed by atoms with Gasteiger partial charge >= 0.3 is 17.7 Å². The fraction of sp³-hybridized carbons (Fsp3) is 0.308. The van der Waals surface area contributed by atoms with Crippen molar-refractivity contribution in [1.82, 2.24) is 10.6 Å². The molecular weight excluding hydrogens is 486 g/mol. The van der Waals surface area contributed by atoms with Crippen molar-refractivity contribution in [1.29, 1.82) is 0 Å². The van der Waals surface area contributed by atoms with E-state index in [-0.39, 0.29) is 11.3 Å². The number of esters is 1. The Bertz CT molecular complexity index is 1330. The Balaban J connectivity index is 1.56. The molecule has 2 N–H and O–H groups in total. The molecule has 0 aliphatic heterocycles. The minimum Gasteiger partial charge on any atom is -0.444 e. The summed E-state index contributed by atoms with van der Waals surface area (Å²) in [6.45, 7) is 5.82. The number of nitrogens with one attached hydrogen (secondary N) is 2. The Morgan fingerprint density at radius 3 is 2.39 bits per heavy atom. The molecule has 1 aromatic heterocycles. The van der Waals surface area contributed by atoms with Crippen molar-refractivity contribution in [2.45, 2.75) is 38.7 Å². The van der Waals surface area contributed by atoms with Crippen LogP contribution in [0.4, 0.5) is 4.79 Å². The molecule has 0 radical (unpaired) electrons. The lowest BCUT2D eigenvalue weighted by Crippen LogP contribution is -2.44. The Kier molecular flexibility index (Phi) is 8.71. The topological polar surface area (TPSA) is 119 Å². The van der Waals surface area contributed by atoms with Gasteiger partial charge < -0.3 is 19.2 Å². The Hall–Kier alpha value is -3.85. The van der Waals surface area contributed by atoms with Crippen molar-refractivity contribution in [2.75, 3.05) is 13.6 Å². The molecule has 2 aromatic carbocycles. The summed E-state index contributed by atoms with van der Waals surface area (Å²) in [5.41, 5.74) is 0.559. The van der Waals surface area contributed by atoms with Crippen molar-refractivity contribution >= 4 is 40.6 Å². The first-order chi connectivity index (χ1) is 17.1. The number of aliphatic imine (C=N–C) groups is 1. The van der Waals surface area contributed by atoms with Gasteiger partial charge in [-0.2, -0.15) is 0 Å². The first-order valence-electron chi connectivity index (χ1n) is 11.2. The van der Waals surface area contributed by atoms with Crippen LogP contribution >= 0.6 is 11.6 Å². The van der Waals surface area contributed by atoms with Crippen LogP contribution in [0.15, 0.2) is 62.7 Å². The first-order valence-corrected chi connectivity index (χ1v) is 11.8. The molecule has 0 saturated heterocycles. The number of halogens is 1. The second-order valence-corrected chi connectivity index (χ2v) is 9.13. The first kappa shape index (κ1) is 26.7. The maximum Gasteiger partial charge on any atom is 0.414 e. The van der Waals surface area contributed by atoms with Gasteiger partial charge in [0.15, 0.2) is 0 Å². The smallest absolute Gasteiger partial charge is 0.414 e. The van der Waals surface area contributed by atoms with Gasteiger partial charge in [-0.3, -0.25) is 10.3 Å². The maximum absolute atomic E-state index is 12.6. The van der Waals surface area contributed by atoms with E-state index >= 15 is 0 Å². The molecule has 0 unspecified atom stereocenters. The molecule has 1 heterocycles. The summed E-state index contributed by atoms with van der Waals surface area (Å²) >= 11 is 5.86. The molecule has 0 aliphatic carbocycles. The van der Waals surface area contributed by atoms with E-state index in [4.69, 9.17) is 25.5 Å². The van der Waals surface area contributed by atoms with Crippen molar-refractivity contribution < 1.29 is 23.5 Å². The molecule has 190 valence electrons. The normalized spacial score (nSPS) is 11.8. The summed E-state index contributed by atoms with van der Waals surface area (Å²) in [7, 11) is 1.55. The average Bonchev–Trinajstić information content (AvgIpc) is 2.82. The lowest BCUT2D eigenvalue weighted by Gasteiger charge is -2.20. The lowest BCUT2D eigenvalue weighted by molar-refractivity contribution is 0.0560. The Morgan fingerprint density at radius 1 is 1.06 bits per heavy atom. The van der Waals surface area contributed by atoms with Crippen molar-refractivity contribution in [3.05, 3.63) is 75.6 Å². The second kappa shape index (κ2) is 11.7. The van der Waals surface area contributed by atoms with Crippen LogP contribution in [0.25, 0.3) is 11.0 Å². The molecule has 0 aliphatic rings. The summed E-state index contributed by atoms with van der Waals surface area (Å²) in [5, 5.41) is 6.17. The molecule has 3 rings (SSSR count). The molecule has 0 fully saturated rings. The summed E-state index contributed by atoms with van der Waals surface area (Å²) in [6.07, 6.45) is 0.0159. The molecule has 0 bridgehead atoms. The van der Waals surface area contributed by atoms with Crippen molar-refractivity contribution in [2.24, 2.45) is 4.99 Å². The number of hydrogen-bond donors (Lipinski definition) is 2. The Morgan fingerprint density at radius 2 is 1.75 bits per heavy atom. The number of fused-ring (bicyclic) bond motifs is 1. The van der Waals surface area contributed by atoms with Crippen LogP contribution in [-0.2, 0) is 17.0 Å². The predicted octanol–water partition coefficient (Wildman–Crippen LogP) is 4.39. The molecule has 1 amide bonds. The number of nitrogens with zero attached hydrogens (tertiary/aromatic N) is 1. The third-order valence-electron chi connectivity index (χ3n) is 4.85. The standard InChI is InChI=1S/C26H28ClN3O6/c1-26(2,3)36-25(33)30-24(28-4)29-12-11-16-5-8-19(9-6-16)34-22(31)20-14-18-13-17(15-27)7-10-21(18)35-23(20)32/h5-10,13-14H,11-12,15H2,1-4H3,(H2,28,29,30,33). The minimum absolute atomic E-state index is 0.202. The van der Waals surface area contributed by atoms with Crippen molar-refractivity contribution in [3.63, 3.8) is 0 Å². The number of rotatable bonds is 6. The van der Waals surface area contributed by atoms with Gasteiger partial charge in [-0.1, -0.05) is 18.2 Å². The summed E-state index contributed by atoms with van der Waals surface area (Å²) < 4.78 is 15.8. The number of alkyl halides is 1. The van der Waals surface area contributed by atoms with Crippen LogP contribution < -0.4 is 21.0 Å². The predicted molar refractivity (Wildman–Crippen MR) is 138 cm³/mol. The molecule has 0 atom stereocenters. The quantitative estimate of drug-likeness (QED) is 0.125. The van der Waals surface area contributed by atoms with Gasteiger partial charge in [-0.15, -0.1) is 11.6 Å². The highest BCUT2D eigenvalue weighted by Crippen LogP contribution is 2.19. The zero-order valence-corrected chi connectivity index (χ0v) is 21.3. The lowest BCUT2D eigenvalue weighted by atomic mass is 10.1. The number of carbonyl (C=O) groups excluding carboxylic acids is 2. The van der Waals surface area contributed by atoms with Gasteiger partial charge in [0, 0.05) is 24.9 Å². The van der Waals surface area contributed by atoms with Crippen LogP contribution in [-0.4, -0.2) is 37.2 Å². The highest BCUT2D eigenvalue weighted by molar-refractivity contribution is 6.17. The van der Waals surface area contributed by atoms with E-state index in [0.717, 1.165) is 11.1 Å². The van der Waals surface area contributed by atoms with Gasteiger partial charge in [0.25, 0.3) is 0 Å². The molecular formula is C26H28ClN3O6. The van der Waals surface area contributed by atoms with Crippen LogP contribution in [0, 0.1) is 0 Å². The summed E-state index contributed by atoms with van der Waals surface area (Å²) in [5.74, 6) is 0.0624. The van der Waals surface area contributed by atoms with Gasteiger partial charge in [-0.05, 0) is 68.7 Å². The van der Waals surface area contributed by atoms with E-state index in [1.165, 1.54) is 6.07 Å². The van der Waals surface area contributed by atoms with E-state index in [1.807, 2.05) is 0 Å². The molecule has 36 heavy (non-hydrogen) atoms. The molecule has 3 aromatic rings. The summed E-state index contributed by atoms with van der Waals surface area (Å²) in [6, 6.07) is 13.4. The highest BCUT2D eigenvalue weighted by Gasteiger charge is 2.18. The molecule has 0 saturated carbocycles. The third-order valence-corrected chi connectivity index (χ3v) is 5.16. The van der Waals surface area contributed by atoms with E-state index in [1.54, 1.807) is 70.3 Å². The van der Waals surface area contributed by atoms with E-state index in [2.05, 4.69) is 15.6 Å². The minimum atomic E-state index is -0.812. The van der Waals surface area contributed by atoms with E-state index in [9.17, 15) is 14.4 Å². The largest absolute Gasteiger partial charge is 0.444 e. The number of ether oxygens (including phenoxy) is 2. The number of guanidine groups is 1. The third kappa shape index (κ3) is 7.58. The number of alkyl carbamates (subject to hydrolysis) is 1. The fourth-order valence-corrected chi connectivity index (χ4v) is 3.36. The van der Waals surface area contributed by atoms with Gasteiger partial charge in [0.05, 0.1) is 0 Å². The van der Waals surface area contributed by atoms with Gasteiger partial charge in [0.1, 0.15) is 22.5 Å². The van der Waals surface area contributed by atoms with E-state index in [0.29, 0.717) is 35.8 Å². The van der Waals surface area contributed by atoms with E-state index < -0.39 is 23.3 Å². The van der Waals surface area contributed by atoms with Crippen LogP contribution in [0.3, 0.4) is 0 Å².